The molecule has 1 aliphatic carbocycles. The van der Waals surface area contributed by atoms with Gasteiger partial charge in [-0.25, -0.2) is 0 Å². The fraction of sp³-hybridized carbons (Fsp3) is 0.300. The van der Waals surface area contributed by atoms with Gasteiger partial charge >= 0.3 is 5.97 Å². The van der Waals surface area contributed by atoms with Crippen LogP contribution in [0.15, 0.2) is 23.5 Å². The minimum atomic E-state index is -0.559. The van der Waals surface area contributed by atoms with Crippen molar-refractivity contribution in [2.24, 2.45) is 0 Å². The summed E-state index contributed by atoms with van der Waals surface area (Å²) in [4.78, 5) is 33.6. The molecule has 0 radical (unpaired) electrons. The van der Waals surface area contributed by atoms with Gasteiger partial charge in [-0.3, -0.25) is 14.4 Å². The molecule has 80 valence electrons. The highest BCUT2D eigenvalue weighted by atomic mass is 16.5. The van der Waals surface area contributed by atoms with E-state index in [1.165, 1.54) is 14.2 Å². The van der Waals surface area contributed by atoms with E-state index in [2.05, 4.69) is 9.47 Å². The first-order valence-electron chi connectivity index (χ1n) is 4.20. The fourth-order valence-electron chi connectivity index (χ4n) is 1.11. The van der Waals surface area contributed by atoms with Gasteiger partial charge in [-0.2, -0.15) is 0 Å². The lowest BCUT2D eigenvalue weighted by Gasteiger charge is -2.09. The zero-order valence-corrected chi connectivity index (χ0v) is 8.40. The molecule has 0 atom stereocenters. The molecule has 1 rings (SSSR count). The van der Waals surface area contributed by atoms with Crippen molar-refractivity contribution in [1.82, 2.24) is 0 Å². The van der Waals surface area contributed by atoms with Crippen molar-refractivity contribution in [3.05, 3.63) is 23.5 Å². The van der Waals surface area contributed by atoms with E-state index in [-0.39, 0.29) is 17.8 Å². The van der Waals surface area contributed by atoms with Crippen molar-refractivity contribution in [2.45, 2.75) is 6.42 Å². The summed E-state index contributed by atoms with van der Waals surface area (Å²) in [6, 6.07) is 0. The predicted octanol–water partition coefficient (Wildman–Crippen LogP) is 0.158. The third-order valence-electron chi connectivity index (χ3n) is 1.91. The second kappa shape index (κ2) is 4.54. The van der Waals surface area contributed by atoms with E-state index in [1.54, 1.807) is 0 Å². The summed E-state index contributed by atoms with van der Waals surface area (Å²) in [6.45, 7) is 0. The van der Waals surface area contributed by atoms with Crippen LogP contribution in [0.4, 0.5) is 0 Å². The summed E-state index contributed by atoms with van der Waals surface area (Å²) in [5.74, 6) is -1.40. The molecule has 0 heterocycles. The number of esters is 1. The molecule has 1 aliphatic rings. The zero-order chi connectivity index (χ0) is 11.4. The van der Waals surface area contributed by atoms with E-state index >= 15 is 0 Å². The number of methoxy groups -OCH3 is 2. The van der Waals surface area contributed by atoms with Gasteiger partial charge < -0.3 is 9.47 Å². The highest BCUT2D eigenvalue weighted by molar-refractivity contribution is 6.20. The molecule has 0 unspecified atom stereocenters. The highest BCUT2D eigenvalue weighted by Crippen LogP contribution is 2.15. The van der Waals surface area contributed by atoms with Crippen LogP contribution in [0.2, 0.25) is 0 Å². The Morgan fingerprint density at radius 1 is 1.20 bits per heavy atom. The second-order valence-corrected chi connectivity index (χ2v) is 2.86. The minimum Gasteiger partial charge on any atom is -0.493 e. The van der Waals surface area contributed by atoms with Gasteiger partial charge in [-0.1, -0.05) is 0 Å². The standard InChI is InChI=1S/C10H10O5/c1-14-9-5-7(11)6(3-8(9)12)4-10(13)15-2/h3,5H,4H2,1-2H3. The van der Waals surface area contributed by atoms with Gasteiger partial charge in [0.05, 0.1) is 20.6 Å². The molecule has 0 aromatic rings. The first-order valence-corrected chi connectivity index (χ1v) is 4.20. The lowest BCUT2D eigenvalue weighted by molar-refractivity contribution is -0.140. The van der Waals surface area contributed by atoms with E-state index in [0.29, 0.717) is 0 Å². The smallest absolute Gasteiger partial charge is 0.310 e. The van der Waals surface area contributed by atoms with Gasteiger partial charge in [0, 0.05) is 11.6 Å². The molecule has 0 N–H and O–H groups in total. The monoisotopic (exact) mass is 210 g/mol. The van der Waals surface area contributed by atoms with Crippen LogP contribution in [0.1, 0.15) is 6.42 Å². The Labute approximate surface area is 86.4 Å². The van der Waals surface area contributed by atoms with Crippen molar-refractivity contribution >= 4 is 17.5 Å². The molecule has 5 nitrogen and oxygen atoms in total. The first-order chi connectivity index (χ1) is 7.08. The fourth-order valence-corrected chi connectivity index (χ4v) is 1.11. The van der Waals surface area contributed by atoms with Crippen molar-refractivity contribution in [1.29, 1.82) is 0 Å². The average molecular weight is 210 g/mol. The topological polar surface area (TPSA) is 69.7 Å². The molecule has 0 spiro atoms. The predicted molar refractivity (Wildman–Crippen MR) is 49.8 cm³/mol. The van der Waals surface area contributed by atoms with Crippen LogP contribution in [0.3, 0.4) is 0 Å². The van der Waals surface area contributed by atoms with E-state index < -0.39 is 17.5 Å². The normalized spacial score (nSPS) is 15.6. The molecule has 0 aromatic heterocycles. The van der Waals surface area contributed by atoms with Gasteiger partial charge in [0.15, 0.2) is 11.5 Å². The average Bonchev–Trinajstić information content (AvgIpc) is 2.22. The molecular formula is C10H10O5. The maximum atomic E-state index is 11.4. The van der Waals surface area contributed by atoms with Crippen LogP contribution in [-0.4, -0.2) is 31.8 Å². The SMILES string of the molecule is COC(=O)CC1=CC(=O)C(OC)=CC1=O. The van der Waals surface area contributed by atoms with Gasteiger partial charge in [0.2, 0.25) is 5.78 Å². The van der Waals surface area contributed by atoms with E-state index in [9.17, 15) is 14.4 Å². The zero-order valence-electron chi connectivity index (χ0n) is 8.40. The molecule has 0 bridgehead atoms. The minimum absolute atomic E-state index is 0.0198. The molecule has 15 heavy (non-hydrogen) atoms. The Morgan fingerprint density at radius 2 is 1.87 bits per heavy atom. The quantitative estimate of drug-likeness (QED) is 0.490. The Morgan fingerprint density at radius 3 is 2.40 bits per heavy atom. The molecule has 0 fully saturated rings. The van der Waals surface area contributed by atoms with Crippen molar-refractivity contribution in [3.8, 4) is 0 Å². The Balaban J connectivity index is 2.83. The largest absolute Gasteiger partial charge is 0.493 e. The summed E-state index contributed by atoms with van der Waals surface area (Å²) in [7, 11) is 2.52. The number of rotatable bonds is 3. The van der Waals surface area contributed by atoms with Gasteiger partial charge in [-0.15, -0.1) is 0 Å². The maximum absolute atomic E-state index is 11.4. The number of allylic oxidation sites excluding steroid dienone is 2. The lowest BCUT2D eigenvalue weighted by atomic mass is 10.00. The van der Waals surface area contributed by atoms with Crippen LogP contribution in [0.25, 0.3) is 0 Å². The Kier molecular flexibility index (Phi) is 3.38. The van der Waals surface area contributed by atoms with E-state index in [1.807, 2.05) is 0 Å². The van der Waals surface area contributed by atoms with E-state index in [4.69, 9.17) is 0 Å². The molecule has 0 saturated carbocycles. The lowest BCUT2D eigenvalue weighted by Crippen LogP contribution is -2.16. The van der Waals surface area contributed by atoms with Gasteiger partial charge in [0.1, 0.15) is 0 Å². The highest BCUT2D eigenvalue weighted by Gasteiger charge is 2.22. The van der Waals surface area contributed by atoms with Crippen LogP contribution >= 0.6 is 0 Å². The molecule has 0 saturated heterocycles. The van der Waals surface area contributed by atoms with E-state index in [0.717, 1.165) is 12.2 Å². The van der Waals surface area contributed by atoms with Gasteiger partial charge in [-0.05, 0) is 6.08 Å². The summed E-state index contributed by atoms with van der Waals surface area (Å²) in [5, 5.41) is 0. The van der Waals surface area contributed by atoms with Crippen molar-refractivity contribution in [3.63, 3.8) is 0 Å². The second-order valence-electron chi connectivity index (χ2n) is 2.86. The number of carbonyl (C=O) groups is 3. The van der Waals surface area contributed by atoms with Crippen LogP contribution in [-0.2, 0) is 23.9 Å². The summed E-state index contributed by atoms with van der Waals surface area (Å²) < 4.78 is 9.08. The molecule has 0 amide bonds. The number of ether oxygens (including phenoxy) is 2. The first kappa shape index (κ1) is 11.2. The Bertz CT molecular complexity index is 375. The molecule has 0 aliphatic heterocycles. The number of carbonyl (C=O) groups excluding carboxylic acids is 3. The third kappa shape index (κ3) is 2.52. The Hall–Kier alpha value is -1.91. The summed E-state index contributed by atoms with van der Waals surface area (Å²) in [5.41, 5.74) is 0.118. The maximum Gasteiger partial charge on any atom is 0.310 e. The summed E-state index contributed by atoms with van der Waals surface area (Å²) >= 11 is 0. The van der Waals surface area contributed by atoms with Crippen LogP contribution in [0, 0.1) is 0 Å². The molecule has 5 heteroatoms. The van der Waals surface area contributed by atoms with Crippen molar-refractivity contribution < 1.29 is 23.9 Å². The van der Waals surface area contributed by atoms with Crippen LogP contribution in [0.5, 0.6) is 0 Å². The third-order valence-corrected chi connectivity index (χ3v) is 1.91. The molecular weight excluding hydrogens is 200 g/mol. The number of hydrogen-bond acceptors (Lipinski definition) is 5. The molecule has 0 aromatic carbocycles. The summed E-state index contributed by atoms with van der Waals surface area (Å²) in [6.07, 6.45) is 1.97. The van der Waals surface area contributed by atoms with Crippen molar-refractivity contribution in [2.75, 3.05) is 14.2 Å². The number of hydrogen-bond donors (Lipinski definition) is 0. The number of ketones is 2. The van der Waals surface area contributed by atoms with Gasteiger partial charge in [0.25, 0.3) is 0 Å². The van der Waals surface area contributed by atoms with Crippen LogP contribution < -0.4 is 0 Å².